The first kappa shape index (κ1) is 20.7. The largest absolute Gasteiger partial charge is 0.497 e. The lowest BCUT2D eigenvalue weighted by Gasteiger charge is -2.13. The molecule has 3 aromatic rings. The fourth-order valence-electron chi connectivity index (χ4n) is 2.74. The first-order chi connectivity index (χ1) is 14.0. The lowest BCUT2D eigenvalue weighted by molar-refractivity contribution is -0.115. The summed E-state index contributed by atoms with van der Waals surface area (Å²) in [6.07, 6.45) is 0. The van der Waals surface area contributed by atoms with Gasteiger partial charge in [-0.1, -0.05) is 11.8 Å². The van der Waals surface area contributed by atoms with Gasteiger partial charge in [0.1, 0.15) is 11.5 Å². The maximum atomic E-state index is 12.6. The summed E-state index contributed by atoms with van der Waals surface area (Å²) in [6.45, 7) is 4.58. The fraction of sp³-hybridized carbons (Fsp3) is 0.286. The van der Waals surface area contributed by atoms with Crippen LogP contribution in [0, 0.1) is 0 Å². The second-order valence-corrected chi connectivity index (χ2v) is 7.56. The molecule has 0 saturated heterocycles. The number of amides is 1. The third-order valence-corrected chi connectivity index (χ3v) is 5.47. The molecule has 0 fully saturated rings. The molecule has 3 rings (SSSR count). The van der Waals surface area contributed by atoms with Crippen LogP contribution < -0.4 is 14.8 Å². The zero-order valence-electron chi connectivity index (χ0n) is 16.9. The van der Waals surface area contributed by atoms with Crippen LogP contribution in [0.2, 0.25) is 0 Å². The highest BCUT2D eigenvalue weighted by molar-refractivity contribution is 8.00. The summed E-state index contributed by atoms with van der Waals surface area (Å²) in [6, 6.07) is 14.9. The van der Waals surface area contributed by atoms with E-state index in [4.69, 9.17) is 9.47 Å². The summed E-state index contributed by atoms with van der Waals surface area (Å²) >= 11 is 1.38. The molecule has 0 unspecified atom stereocenters. The molecule has 0 radical (unpaired) electrons. The smallest absolute Gasteiger partial charge is 0.237 e. The first-order valence-electron chi connectivity index (χ1n) is 9.25. The van der Waals surface area contributed by atoms with Gasteiger partial charge in [0.25, 0.3) is 0 Å². The Hall–Kier alpha value is -3.00. The van der Waals surface area contributed by atoms with E-state index in [0.29, 0.717) is 11.7 Å². The summed E-state index contributed by atoms with van der Waals surface area (Å²) in [7, 11) is 3.24. The Labute approximate surface area is 174 Å². The number of hydrogen-bond donors (Lipinski definition) is 1. The highest BCUT2D eigenvalue weighted by Crippen LogP contribution is 2.28. The Morgan fingerprint density at radius 2 is 1.62 bits per heavy atom. The van der Waals surface area contributed by atoms with Crippen molar-refractivity contribution >= 4 is 23.4 Å². The van der Waals surface area contributed by atoms with Crippen LogP contribution in [-0.4, -0.2) is 40.1 Å². The van der Waals surface area contributed by atoms with E-state index in [0.717, 1.165) is 28.6 Å². The Morgan fingerprint density at radius 3 is 2.17 bits per heavy atom. The molecule has 1 amide bonds. The van der Waals surface area contributed by atoms with Crippen LogP contribution >= 0.6 is 11.8 Å². The number of nitrogens with zero attached hydrogens (tertiary/aromatic N) is 3. The Kier molecular flexibility index (Phi) is 6.77. The molecule has 1 heterocycles. The van der Waals surface area contributed by atoms with E-state index in [1.54, 1.807) is 14.2 Å². The molecule has 1 aromatic heterocycles. The molecular formula is C21H24N4O3S. The van der Waals surface area contributed by atoms with Crippen LogP contribution in [0.1, 0.15) is 13.8 Å². The monoisotopic (exact) mass is 412 g/mol. The van der Waals surface area contributed by atoms with Crippen LogP contribution in [0.15, 0.2) is 53.7 Å². The summed E-state index contributed by atoms with van der Waals surface area (Å²) < 4.78 is 12.3. The number of ether oxygens (including phenoxy) is 2. The summed E-state index contributed by atoms with van der Waals surface area (Å²) in [5.41, 5.74) is 1.67. The highest BCUT2D eigenvalue weighted by Gasteiger charge is 2.20. The molecular weight excluding hydrogens is 388 g/mol. The maximum Gasteiger partial charge on any atom is 0.237 e. The number of methoxy groups -OCH3 is 2. The van der Waals surface area contributed by atoms with Gasteiger partial charge in [-0.05, 0) is 62.4 Å². The van der Waals surface area contributed by atoms with Crippen molar-refractivity contribution in [1.29, 1.82) is 0 Å². The lowest BCUT2D eigenvalue weighted by atomic mass is 10.2. The number of carbonyl (C=O) groups excluding carboxylic acids is 1. The zero-order chi connectivity index (χ0) is 20.8. The molecule has 0 aliphatic heterocycles. The SMILES string of the molecule is CCn1c(S[C@@H](C)C(=O)Nc2ccc(OC)cc2)nnc1-c1ccc(OC)cc1. The second-order valence-electron chi connectivity index (χ2n) is 6.26. The van der Waals surface area contributed by atoms with Crippen LogP contribution in [0.5, 0.6) is 11.5 Å². The number of hydrogen-bond acceptors (Lipinski definition) is 6. The molecule has 1 atom stereocenters. The predicted octanol–water partition coefficient (Wildman–Crippen LogP) is 4.10. The number of thioether (sulfide) groups is 1. The van der Waals surface area contributed by atoms with Crippen molar-refractivity contribution in [1.82, 2.24) is 14.8 Å². The lowest BCUT2D eigenvalue weighted by Crippen LogP contribution is -2.22. The number of aromatic nitrogens is 3. The predicted molar refractivity (Wildman–Crippen MR) is 115 cm³/mol. The standard InChI is InChI=1S/C21H24N4O3S/c1-5-25-19(15-6-10-17(27-3)11-7-15)23-24-21(25)29-14(2)20(26)22-16-8-12-18(28-4)13-9-16/h6-14H,5H2,1-4H3,(H,22,26)/t14-/m0/s1. The third-order valence-electron chi connectivity index (χ3n) is 4.39. The molecule has 0 saturated carbocycles. The zero-order valence-corrected chi connectivity index (χ0v) is 17.7. The number of carbonyl (C=O) groups is 1. The number of nitrogens with one attached hydrogen (secondary N) is 1. The molecule has 152 valence electrons. The Morgan fingerprint density at radius 1 is 1.03 bits per heavy atom. The van der Waals surface area contributed by atoms with E-state index in [1.807, 2.05) is 66.9 Å². The summed E-state index contributed by atoms with van der Waals surface area (Å²) in [5.74, 6) is 2.19. The third kappa shape index (κ3) is 4.89. The Bertz CT molecular complexity index is 955. The first-order valence-corrected chi connectivity index (χ1v) is 10.1. The van der Waals surface area contributed by atoms with E-state index in [9.17, 15) is 4.79 Å². The average Bonchev–Trinajstić information content (AvgIpc) is 3.16. The van der Waals surface area contributed by atoms with Gasteiger partial charge in [-0.3, -0.25) is 4.79 Å². The minimum atomic E-state index is -0.338. The van der Waals surface area contributed by atoms with E-state index in [-0.39, 0.29) is 11.2 Å². The normalized spacial score (nSPS) is 11.7. The number of rotatable bonds is 8. The van der Waals surface area contributed by atoms with Gasteiger partial charge in [-0.15, -0.1) is 10.2 Å². The fourth-order valence-corrected chi connectivity index (χ4v) is 3.66. The quantitative estimate of drug-likeness (QED) is 0.561. The summed E-state index contributed by atoms with van der Waals surface area (Å²) in [5, 5.41) is 11.9. The van der Waals surface area contributed by atoms with Gasteiger partial charge in [0, 0.05) is 17.8 Å². The minimum absolute atomic E-state index is 0.100. The van der Waals surface area contributed by atoms with Crippen molar-refractivity contribution in [2.75, 3.05) is 19.5 Å². The van der Waals surface area contributed by atoms with Gasteiger partial charge in [0.2, 0.25) is 5.91 Å². The van der Waals surface area contributed by atoms with E-state index in [2.05, 4.69) is 15.5 Å². The van der Waals surface area contributed by atoms with Crippen LogP contribution in [-0.2, 0) is 11.3 Å². The molecule has 8 heteroatoms. The van der Waals surface area contributed by atoms with Gasteiger partial charge in [0.05, 0.1) is 19.5 Å². The maximum absolute atomic E-state index is 12.6. The Balaban J connectivity index is 1.71. The van der Waals surface area contributed by atoms with Crippen molar-refractivity contribution in [2.45, 2.75) is 30.8 Å². The molecule has 0 bridgehead atoms. The second kappa shape index (κ2) is 9.47. The molecule has 2 aromatic carbocycles. The topological polar surface area (TPSA) is 78.3 Å². The van der Waals surface area contributed by atoms with E-state index in [1.165, 1.54) is 11.8 Å². The molecule has 0 aliphatic rings. The number of benzene rings is 2. The van der Waals surface area contributed by atoms with Crippen LogP contribution in [0.3, 0.4) is 0 Å². The number of anilines is 1. The van der Waals surface area contributed by atoms with Crippen molar-refractivity contribution in [3.05, 3.63) is 48.5 Å². The van der Waals surface area contributed by atoms with Gasteiger partial charge in [0.15, 0.2) is 11.0 Å². The van der Waals surface area contributed by atoms with Gasteiger partial charge >= 0.3 is 0 Å². The van der Waals surface area contributed by atoms with Crippen LogP contribution in [0.25, 0.3) is 11.4 Å². The molecule has 0 aliphatic carbocycles. The molecule has 0 spiro atoms. The van der Waals surface area contributed by atoms with Crippen LogP contribution in [0.4, 0.5) is 5.69 Å². The highest BCUT2D eigenvalue weighted by atomic mass is 32.2. The molecule has 7 nitrogen and oxygen atoms in total. The molecule has 29 heavy (non-hydrogen) atoms. The van der Waals surface area contributed by atoms with Crippen molar-refractivity contribution in [3.63, 3.8) is 0 Å². The summed E-state index contributed by atoms with van der Waals surface area (Å²) in [4.78, 5) is 12.6. The van der Waals surface area contributed by atoms with Crippen molar-refractivity contribution < 1.29 is 14.3 Å². The van der Waals surface area contributed by atoms with Crippen molar-refractivity contribution in [3.8, 4) is 22.9 Å². The average molecular weight is 413 g/mol. The van der Waals surface area contributed by atoms with E-state index < -0.39 is 0 Å². The van der Waals surface area contributed by atoms with Crippen molar-refractivity contribution in [2.24, 2.45) is 0 Å². The van der Waals surface area contributed by atoms with Gasteiger partial charge in [-0.2, -0.15) is 0 Å². The molecule has 1 N–H and O–H groups in total. The van der Waals surface area contributed by atoms with E-state index >= 15 is 0 Å². The van der Waals surface area contributed by atoms with Gasteiger partial charge < -0.3 is 19.4 Å². The van der Waals surface area contributed by atoms with Gasteiger partial charge in [-0.25, -0.2) is 0 Å². The minimum Gasteiger partial charge on any atom is -0.497 e.